The van der Waals surface area contributed by atoms with Crippen LogP contribution in [0.3, 0.4) is 0 Å². The summed E-state index contributed by atoms with van der Waals surface area (Å²) in [5.41, 5.74) is 1.21. The Morgan fingerprint density at radius 1 is 1.36 bits per heavy atom. The highest BCUT2D eigenvalue weighted by molar-refractivity contribution is 8.04. The standard InChI is InChI=1S/C11H11ClOS/c1-8-3-5-10(6-4-8)14-11(12)7-9(2)13/h3-7H,1-2H3/b11-7-. The first-order valence-electron chi connectivity index (χ1n) is 4.20. The molecule has 1 rings (SSSR count). The number of benzene rings is 1. The summed E-state index contributed by atoms with van der Waals surface area (Å²) in [6, 6.07) is 7.99. The summed E-state index contributed by atoms with van der Waals surface area (Å²) in [6.07, 6.45) is 1.42. The summed E-state index contributed by atoms with van der Waals surface area (Å²) in [5, 5.41) is 0. The highest BCUT2D eigenvalue weighted by atomic mass is 35.5. The average Bonchev–Trinajstić information content (AvgIpc) is 2.07. The smallest absolute Gasteiger partial charge is 0.154 e. The van der Waals surface area contributed by atoms with E-state index in [4.69, 9.17) is 11.6 Å². The number of thioether (sulfide) groups is 1. The first-order valence-corrected chi connectivity index (χ1v) is 5.39. The van der Waals surface area contributed by atoms with Gasteiger partial charge in [-0.2, -0.15) is 0 Å². The fourth-order valence-electron chi connectivity index (χ4n) is 0.908. The second kappa shape index (κ2) is 5.23. The quantitative estimate of drug-likeness (QED) is 0.577. The summed E-state index contributed by atoms with van der Waals surface area (Å²) in [7, 11) is 0. The Labute approximate surface area is 93.2 Å². The van der Waals surface area contributed by atoms with Crippen molar-refractivity contribution in [1.82, 2.24) is 0 Å². The fraction of sp³-hybridized carbons (Fsp3) is 0.182. The van der Waals surface area contributed by atoms with E-state index in [9.17, 15) is 4.79 Å². The molecule has 0 saturated heterocycles. The van der Waals surface area contributed by atoms with Gasteiger partial charge in [-0.3, -0.25) is 4.79 Å². The van der Waals surface area contributed by atoms with E-state index >= 15 is 0 Å². The molecule has 0 unspecified atom stereocenters. The lowest BCUT2D eigenvalue weighted by atomic mass is 10.2. The topological polar surface area (TPSA) is 17.1 Å². The Kier molecular flexibility index (Phi) is 4.23. The molecule has 1 aromatic carbocycles. The van der Waals surface area contributed by atoms with E-state index in [2.05, 4.69) is 0 Å². The number of halogens is 1. The Morgan fingerprint density at radius 3 is 2.43 bits per heavy atom. The molecule has 0 amide bonds. The van der Waals surface area contributed by atoms with Crippen LogP contribution in [0.4, 0.5) is 0 Å². The zero-order valence-electron chi connectivity index (χ0n) is 8.08. The second-order valence-corrected chi connectivity index (χ2v) is 4.72. The first kappa shape index (κ1) is 11.3. The lowest BCUT2D eigenvalue weighted by Crippen LogP contribution is -1.81. The number of hydrogen-bond donors (Lipinski definition) is 0. The van der Waals surface area contributed by atoms with E-state index in [0.29, 0.717) is 4.36 Å². The van der Waals surface area contributed by atoms with Crippen LogP contribution in [0.25, 0.3) is 0 Å². The van der Waals surface area contributed by atoms with Crippen LogP contribution in [-0.4, -0.2) is 5.78 Å². The molecule has 0 aliphatic carbocycles. The molecule has 0 heterocycles. The van der Waals surface area contributed by atoms with Crippen molar-refractivity contribution in [2.45, 2.75) is 18.7 Å². The lowest BCUT2D eigenvalue weighted by Gasteiger charge is -1.99. The van der Waals surface area contributed by atoms with Crippen molar-refractivity contribution < 1.29 is 4.79 Å². The molecule has 0 saturated carbocycles. The van der Waals surface area contributed by atoms with Crippen molar-refractivity contribution >= 4 is 29.1 Å². The summed E-state index contributed by atoms with van der Waals surface area (Å²) in [6.45, 7) is 3.51. The second-order valence-electron chi connectivity index (χ2n) is 2.97. The Balaban J connectivity index is 2.69. The van der Waals surface area contributed by atoms with Crippen LogP contribution in [0.2, 0.25) is 0 Å². The highest BCUT2D eigenvalue weighted by Gasteiger charge is 1.98. The van der Waals surface area contributed by atoms with Gasteiger partial charge in [0, 0.05) is 11.0 Å². The van der Waals surface area contributed by atoms with Crippen LogP contribution in [0.5, 0.6) is 0 Å². The molecule has 1 aromatic rings. The van der Waals surface area contributed by atoms with Gasteiger partial charge in [-0.05, 0) is 26.0 Å². The number of rotatable bonds is 3. The average molecular weight is 227 g/mol. The van der Waals surface area contributed by atoms with Gasteiger partial charge in [0.15, 0.2) is 5.78 Å². The van der Waals surface area contributed by atoms with Crippen molar-refractivity contribution in [2.75, 3.05) is 0 Å². The monoisotopic (exact) mass is 226 g/mol. The molecular weight excluding hydrogens is 216 g/mol. The van der Waals surface area contributed by atoms with Gasteiger partial charge in [-0.1, -0.05) is 41.1 Å². The molecule has 74 valence electrons. The Bertz CT molecular complexity index is 354. The summed E-state index contributed by atoms with van der Waals surface area (Å²) >= 11 is 7.24. The Hall–Kier alpha value is -0.730. The molecule has 0 aromatic heterocycles. The third-order valence-corrected chi connectivity index (χ3v) is 2.71. The molecule has 0 bridgehead atoms. The molecule has 0 atom stereocenters. The minimum Gasteiger partial charge on any atom is -0.295 e. The van der Waals surface area contributed by atoms with Crippen LogP contribution in [0, 0.1) is 6.92 Å². The fourth-order valence-corrected chi connectivity index (χ4v) is 2.05. The number of hydrogen-bond acceptors (Lipinski definition) is 2. The van der Waals surface area contributed by atoms with E-state index in [1.54, 1.807) is 0 Å². The van der Waals surface area contributed by atoms with E-state index in [1.807, 2.05) is 31.2 Å². The maximum atomic E-state index is 10.7. The number of carbonyl (C=O) groups is 1. The van der Waals surface area contributed by atoms with E-state index in [-0.39, 0.29) is 5.78 Å². The molecule has 0 radical (unpaired) electrons. The summed E-state index contributed by atoms with van der Waals surface area (Å²) < 4.78 is 0.501. The molecule has 0 N–H and O–H groups in total. The van der Waals surface area contributed by atoms with Crippen molar-refractivity contribution in [1.29, 1.82) is 0 Å². The van der Waals surface area contributed by atoms with Gasteiger partial charge in [0.2, 0.25) is 0 Å². The number of ketones is 1. The van der Waals surface area contributed by atoms with Crippen LogP contribution in [0.1, 0.15) is 12.5 Å². The Morgan fingerprint density at radius 2 is 1.93 bits per heavy atom. The highest BCUT2D eigenvalue weighted by Crippen LogP contribution is 2.29. The molecule has 1 nitrogen and oxygen atoms in total. The van der Waals surface area contributed by atoms with E-state index in [0.717, 1.165) is 4.90 Å². The molecular formula is C11H11ClOS. The third kappa shape index (κ3) is 3.99. The molecule has 0 fully saturated rings. The minimum atomic E-state index is -0.0328. The largest absolute Gasteiger partial charge is 0.295 e. The van der Waals surface area contributed by atoms with Crippen LogP contribution in [-0.2, 0) is 4.79 Å². The van der Waals surface area contributed by atoms with Gasteiger partial charge in [0.25, 0.3) is 0 Å². The van der Waals surface area contributed by atoms with Gasteiger partial charge < -0.3 is 0 Å². The normalized spacial score (nSPS) is 11.5. The van der Waals surface area contributed by atoms with Crippen LogP contribution >= 0.6 is 23.4 Å². The molecule has 0 aliphatic heterocycles. The number of allylic oxidation sites excluding steroid dienone is 1. The van der Waals surface area contributed by atoms with Crippen molar-refractivity contribution in [3.8, 4) is 0 Å². The van der Waals surface area contributed by atoms with Crippen molar-refractivity contribution in [3.63, 3.8) is 0 Å². The van der Waals surface area contributed by atoms with E-state index in [1.165, 1.54) is 30.3 Å². The zero-order valence-corrected chi connectivity index (χ0v) is 9.65. The van der Waals surface area contributed by atoms with Crippen LogP contribution in [0.15, 0.2) is 39.6 Å². The summed E-state index contributed by atoms with van der Waals surface area (Å²) in [4.78, 5) is 11.8. The number of aryl methyl sites for hydroxylation is 1. The van der Waals surface area contributed by atoms with Gasteiger partial charge in [0.1, 0.15) is 0 Å². The maximum absolute atomic E-state index is 10.7. The minimum absolute atomic E-state index is 0.0328. The molecule has 3 heteroatoms. The van der Waals surface area contributed by atoms with Gasteiger partial charge in [-0.15, -0.1) is 0 Å². The number of carbonyl (C=O) groups excluding carboxylic acids is 1. The zero-order chi connectivity index (χ0) is 10.6. The summed E-state index contributed by atoms with van der Waals surface area (Å²) in [5.74, 6) is -0.0328. The van der Waals surface area contributed by atoms with Crippen LogP contribution < -0.4 is 0 Å². The van der Waals surface area contributed by atoms with Crippen molar-refractivity contribution in [2.24, 2.45) is 0 Å². The maximum Gasteiger partial charge on any atom is 0.154 e. The molecule has 0 spiro atoms. The molecule has 14 heavy (non-hydrogen) atoms. The predicted octanol–water partition coefficient (Wildman–Crippen LogP) is 3.76. The van der Waals surface area contributed by atoms with Gasteiger partial charge in [-0.25, -0.2) is 0 Å². The predicted molar refractivity (Wildman–Crippen MR) is 61.7 cm³/mol. The lowest BCUT2D eigenvalue weighted by molar-refractivity contribution is -0.112. The van der Waals surface area contributed by atoms with Gasteiger partial charge >= 0.3 is 0 Å². The third-order valence-electron chi connectivity index (χ3n) is 1.55. The molecule has 0 aliphatic rings. The SMILES string of the molecule is CC(=O)/C=C(/Cl)Sc1ccc(C)cc1. The first-order chi connectivity index (χ1) is 6.58. The van der Waals surface area contributed by atoms with E-state index < -0.39 is 0 Å². The van der Waals surface area contributed by atoms with Gasteiger partial charge in [0.05, 0.1) is 4.36 Å². The van der Waals surface area contributed by atoms with Crippen molar-refractivity contribution in [3.05, 3.63) is 40.3 Å².